The third-order valence-electron chi connectivity index (χ3n) is 3.86. The molecule has 1 unspecified atom stereocenters. The summed E-state index contributed by atoms with van der Waals surface area (Å²) in [6, 6.07) is -0.806. The normalized spacial score (nSPS) is 24.0. The van der Waals surface area contributed by atoms with Crippen LogP contribution in [0.5, 0.6) is 0 Å². The third kappa shape index (κ3) is 3.75. The van der Waals surface area contributed by atoms with Crippen molar-refractivity contribution in [2.75, 3.05) is 19.8 Å². The van der Waals surface area contributed by atoms with Gasteiger partial charge in [-0.05, 0) is 18.8 Å². The van der Waals surface area contributed by atoms with E-state index < -0.39 is 36.8 Å². The maximum atomic E-state index is 12.3. The Morgan fingerprint density at radius 3 is 2.52 bits per heavy atom. The highest BCUT2D eigenvalue weighted by Gasteiger charge is 2.44. The molecule has 8 heteroatoms. The lowest BCUT2D eigenvalue weighted by Crippen LogP contribution is -2.60. The van der Waals surface area contributed by atoms with Gasteiger partial charge in [0, 0.05) is 0 Å². The lowest BCUT2D eigenvalue weighted by molar-refractivity contribution is -0.145. The maximum Gasteiger partial charge on any atom is 0.330 e. The number of ether oxygens (including phenoxy) is 1. The van der Waals surface area contributed by atoms with E-state index in [4.69, 9.17) is 0 Å². The molecule has 1 saturated carbocycles. The molecule has 1 N–H and O–H groups in total. The SMILES string of the molecule is O=C1NC(=O)N(CCOCC(F)F)C(=O)C1C1CCCC1. The van der Waals surface area contributed by atoms with E-state index >= 15 is 0 Å². The zero-order chi connectivity index (χ0) is 15.4. The van der Waals surface area contributed by atoms with Crippen LogP contribution >= 0.6 is 0 Å². The monoisotopic (exact) mass is 304 g/mol. The van der Waals surface area contributed by atoms with E-state index in [1.165, 1.54) is 0 Å². The number of imide groups is 2. The van der Waals surface area contributed by atoms with Gasteiger partial charge in [-0.15, -0.1) is 0 Å². The smallest absolute Gasteiger partial charge is 0.330 e. The van der Waals surface area contributed by atoms with Crippen molar-refractivity contribution in [2.24, 2.45) is 11.8 Å². The molecule has 1 aliphatic carbocycles. The lowest BCUT2D eigenvalue weighted by Gasteiger charge is -2.32. The number of nitrogens with one attached hydrogen (secondary N) is 1. The molecule has 0 spiro atoms. The van der Waals surface area contributed by atoms with Gasteiger partial charge in [-0.2, -0.15) is 0 Å². The van der Waals surface area contributed by atoms with Crippen molar-refractivity contribution in [2.45, 2.75) is 32.1 Å². The molecule has 1 heterocycles. The number of hydrogen-bond donors (Lipinski definition) is 1. The topological polar surface area (TPSA) is 75.7 Å². The van der Waals surface area contributed by atoms with Gasteiger partial charge in [0.15, 0.2) is 0 Å². The molecule has 0 radical (unpaired) electrons. The van der Waals surface area contributed by atoms with Gasteiger partial charge in [0.05, 0.1) is 13.2 Å². The van der Waals surface area contributed by atoms with Gasteiger partial charge < -0.3 is 4.74 Å². The molecule has 1 saturated heterocycles. The van der Waals surface area contributed by atoms with Crippen LogP contribution < -0.4 is 5.32 Å². The van der Waals surface area contributed by atoms with E-state index in [0.717, 1.165) is 30.6 Å². The van der Waals surface area contributed by atoms with Crippen LogP contribution in [0, 0.1) is 11.8 Å². The first kappa shape index (κ1) is 15.8. The largest absolute Gasteiger partial charge is 0.374 e. The first-order chi connectivity index (χ1) is 10.0. The van der Waals surface area contributed by atoms with Crippen molar-refractivity contribution in [3.8, 4) is 0 Å². The van der Waals surface area contributed by atoms with E-state index in [1.54, 1.807) is 0 Å². The highest BCUT2D eigenvalue weighted by molar-refractivity contribution is 6.16. The van der Waals surface area contributed by atoms with E-state index in [1.807, 2.05) is 0 Å². The maximum absolute atomic E-state index is 12.3. The Hall–Kier alpha value is -1.57. The van der Waals surface area contributed by atoms with Crippen LogP contribution in [0.25, 0.3) is 0 Å². The fraction of sp³-hybridized carbons (Fsp3) is 0.769. The fourth-order valence-electron chi connectivity index (χ4n) is 2.88. The molecule has 0 bridgehead atoms. The van der Waals surface area contributed by atoms with Crippen LogP contribution in [0.2, 0.25) is 0 Å². The van der Waals surface area contributed by atoms with E-state index in [2.05, 4.69) is 10.1 Å². The van der Waals surface area contributed by atoms with Crippen LogP contribution in [0.3, 0.4) is 0 Å². The minimum Gasteiger partial charge on any atom is -0.374 e. The Kier molecular flexibility index (Phi) is 5.22. The van der Waals surface area contributed by atoms with Crippen molar-refractivity contribution in [1.82, 2.24) is 10.2 Å². The molecule has 2 aliphatic rings. The Balaban J connectivity index is 1.94. The molecule has 2 fully saturated rings. The summed E-state index contributed by atoms with van der Waals surface area (Å²) in [6.07, 6.45) is 0.908. The molecule has 118 valence electrons. The highest BCUT2D eigenvalue weighted by Crippen LogP contribution is 2.33. The van der Waals surface area contributed by atoms with Crippen LogP contribution in [0.4, 0.5) is 13.6 Å². The number of nitrogens with zero attached hydrogens (tertiary/aromatic N) is 1. The minimum absolute atomic E-state index is 0.0462. The zero-order valence-electron chi connectivity index (χ0n) is 11.5. The number of rotatable bonds is 6. The fourth-order valence-corrected chi connectivity index (χ4v) is 2.88. The predicted molar refractivity (Wildman–Crippen MR) is 67.5 cm³/mol. The third-order valence-corrected chi connectivity index (χ3v) is 3.86. The molecule has 4 amide bonds. The van der Waals surface area contributed by atoms with Crippen LogP contribution in [0.1, 0.15) is 25.7 Å². The van der Waals surface area contributed by atoms with Crippen LogP contribution in [-0.2, 0) is 14.3 Å². The zero-order valence-corrected chi connectivity index (χ0v) is 11.5. The molecule has 0 aromatic carbocycles. The summed E-state index contributed by atoms with van der Waals surface area (Å²) in [5, 5.41) is 2.16. The number of alkyl halides is 2. The molecule has 2 rings (SSSR count). The van der Waals surface area contributed by atoms with Gasteiger partial charge in [0.25, 0.3) is 6.43 Å². The summed E-state index contributed by atoms with van der Waals surface area (Å²) in [5.41, 5.74) is 0. The van der Waals surface area contributed by atoms with Gasteiger partial charge in [0.2, 0.25) is 11.8 Å². The molecular formula is C13H18F2N2O4. The van der Waals surface area contributed by atoms with Crippen molar-refractivity contribution < 1.29 is 27.9 Å². The summed E-state index contributed by atoms with van der Waals surface area (Å²) in [4.78, 5) is 36.7. The summed E-state index contributed by atoms with van der Waals surface area (Å²) < 4.78 is 28.6. The average molecular weight is 304 g/mol. The summed E-state index contributed by atoms with van der Waals surface area (Å²) in [6.45, 7) is -1.04. The van der Waals surface area contributed by atoms with Crippen molar-refractivity contribution in [1.29, 1.82) is 0 Å². The number of halogens is 2. The van der Waals surface area contributed by atoms with E-state index in [0.29, 0.717) is 0 Å². The standard InChI is InChI=1S/C13H18F2N2O4/c14-9(15)7-21-6-5-17-12(19)10(8-3-1-2-4-8)11(18)16-13(17)20/h8-10H,1-7H2,(H,16,18,20). The van der Waals surface area contributed by atoms with Gasteiger partial charge in [-0.25, -0.2) is 13.6 Å². The lowest BCUT2D eigenvalue weighted by atomic mass is 9.87. The first-order valence-corrected chi connectivity index (χ1v) is 7.03. The number of urea groups is 1. The Bertz CT molecular complexity index is 424. The molecule has 1 atom stereocenters. The molecule has 6 nitrogen and oxygen atoms in total. The molecule has 0 aromatic rings. The van der Waals surface area contributed by atoms with Gasteiger partial charge in [-0.3, -0.25) is 19.8 Å². The molecular weight excluding hydrogens is 286 g/mol. The number of carbonyl (C=O) groups is 3. The van der Waals surface area contributed by atoms with Gasteiger partial charge in [0.1, 0.15) is 12.5 Å². The molecule has 0 aromatic heterocycles. The Morgan fingerprint density at radius 1 is 1.24 bits per heavy atom. The molecule has 1 aliphatic heterocycles. The Morgan fingerprint density at radius 2 is 1.90 bits per heavy atom. The minimum atomic E-state index is -2.59. The van der Waals surface area contributed by atoms with Gasteiger partial charge >= 0.3 is 6.03 Å². The van der Waals surface area contributed by atoms with Crippen LogP contribution in [0.15, 0.2) is 0 Å². The van der Waals surface area contributed by atoms with Gasteiger partial charge in [-0.1, -0.05) is 12.8 Å². The van der Waals surface area contributed by atoms with E-state index in [9.17, 15) is 23.2 Å². The number of amides is 4. The Labute approximate surface area is 120 Å². The van der Waals surface area contributed by atoms with Crippen molar-refractivity contribution in [3.05, 3.63) is 0 Å². The van der Waals surface area contributed by atoms with Crippen molar-refractivity contribution in [3.63, 3.8) is 0 Å². The first-order valence-electron chi connectivity index (χ1n) is 7.03. The second-order valence-corrected chi connectivity index (χ2v) is 5.27. The quantitative estimate of drug-likeness (QED) is 0.590. The summed E-state index contributed by atoms with van der Waals surface area (Å²) in [5.74, 6) is -1.99. The summed E-state index contributed by atoms with van der Waals surface area (Å²) in [7, 11) is 0. The van der Waals surface area contributed by atoms with Crippen LogP contribution in [-0.4, -0.2) is 48.9 Å². The average Bonchev–Trinajstić information content (AvgIpc) is 2.90. The summed E-state index contributed by atoms with van der Waals surface area (Å²) >= 11 is 0. The number of carbonyl (C=O) groups excluding carboxylic acids is 3. The number of hydrogen-bond acceptors (Lipinski definition) is 4. The number of barbiturate groups is 1. The highest BCUT2D eigenvalue weighted by atomic mass is 19.3. The second kappa shape index (κ2) is 6.93. The predicted octanol–water partition coefficient (Wildman–Crippen LogP) is 1.15. The molecule has 21 heavy (non-hydrogen) atoms. The van der Waals surface area contributed by atoms with Crippen molar-refractivity contribution >= 4 is 17.8 Å². The van der Waals surface area contributed by atoms with E-state index in [-0.39, 0.29) is 19.1 Å². The second-order valence-electron chi connectivity index (χ2n) is 5.27.